The van der Waals surface area contributed by atoms with Gasteiger partial charge in [-0.15, -0.1) is 0 Å². The largest absolute Gasteiger partial charge is 0.456 e. The molecule has 0 atom stereocenters. The second-order valence-corrected chi connectivity index (χ2v) is 6.93. The van der Waals surface area contributed by atoms with Crippen molar-refractivity contribution >= 4 is 11.0 Å². The Morgan fingerprint density at radius 1 is 1.10 bits per heavy atom. The fourth-order valence-corrected chi connectivity index (χ4v) is 3.49. The van der Waals surface area contributed by atoms with Crippen LogP contribution in [0.15, 0.2) is 45.6 Å². The van der Waals surface area contributed by atoms with Crippen LogP contribution in [0, 0.1) is 29.6 Å². The number of aryl methyl sites for hydroxylation is 1. The average Bonchev–Trinajstić information content (AvgIpc) is 2.75. The quantitative estimate of drug-likeness (QED) is 0.541. The molecule has 0 N–H and O–H groups in total. The summed E-state index contributed by atoms with van der Waals surface area (Å²) in [7, 11) is 0. The standard InChI is InChI=1S/C24H23N3O3/c1-4-27(5-2)12-11-20-16(3)19-10-9-18(13-23(19)30-24(20)28)29-22-8-6-7-17(14-25)21(22)15-26/h6-10,13H,4-5,11-12H2,1-3H3. The molecule has 30 heavy (non-hydrogen) atoms. The second-order valence-electron chi connectivity index (χ2n) is 6.93. The third-order valence-corrected chi connectivity index (χ3v) is 5.32. The first-order valence-electron chi connectivity index (χ1n) is 9.92. The van der Waals surface area contributed by atoms with Gasteiger partial charge in [-0.1, -0.05) is 19.9 Å². The molecule has 6 nitrogen and oxygen atoms in total. The highest BCUT2D eigenvalue weighted by Gasteiger charge is 2.15. The first-order chi connectivity index (χ1) is 14.5. The van der Waals surface area contributed by atoms with Crippen LogP contribution in [0.2, 0.25) is 0 Å². The minimum atomic E-state index is -0.339. The SMILES string of the molecule is CCN(CC)CCc1c(C)c2ccc(Oc3cccc(C#N)c3C#N)cc2oc1=O. The summed E-state index contributed by atoms with van der Waals surface area (Å²) >= 11 is 0. The van der Waals surface area contributed by atoms with E-state index in [0.717, 1.165) is 30.6 Å². The third-order valence-electron chi connectivity index (χ3n) is 5.32. The molecule has 0 amide bonds. The normalized spacial score (nSPS) is 10.7. The monoisotopic (exact) mass is 401 g/mol. The predicted molar refractivity (Wildman–Crippen MR) is 115 cm³/mol. The van der Waals surface area contributed by atoms with Gasteiger partial charge in [-0.3, -0.25) is 0 Å². The second kappa shape index (κ2) is 9.26. The minimum absolute atomic E-state index is 0.171. The van der Waals surface area contributed by atoms with E-state index < -0.39 is 0 Å². The number of rotatable bonds is 7. The highest BCUT2D eigenvalue weighted by molar-refractivity contribution is 5.82. The zero-order valence-corrected chi connectivity index (χ0v) is 17.4. The van der Waals surface area contributed by atoms with E-state index in [9.17, 15) is 10.1 Å². The van der Waals surface area contributed by atoms with Gasteiger partial charge in [-0.05, 0) is 56.3 Å². The van der Waals surface area contributed by atoms with E-state index in [0.29, 0.717) is 23.3 Å². The van der Waals surface area contributed by atoms with Gasteiger partial charge in [0.1, 0.15) is 34.8 Å². The van der Waals surface area contributed by atoms with Crippen molar-refractivity contribution in [3.05, 3.63) is 69.1 Å². The van der Waals surface area contributed by atoms with Crippen LogP contribution in [0.1, 0.15) is 36.1 Å². The number of hydrogen-bond acceptors (Lipinski definition) is 6. The van der Waals surface area contributed by atoms with Gasteiger partial charge in [0.25, 0.3) is 0 Å². The molecule has 3 aromatic rings. The number of nitrogens with zero attached hydrogens (tertiary/aromatic N) is 3. The summed E-state index contributed by atoms with van der Waals surface area (Å²) in [6, 6.07) is 14.1. The Morgan fingerprint density at radius 2 is 1.87 bits per heavy atom. The first-order valence-corrected chi connectivity index (χ1v) is 9.92. The molecule has 0 spiro atoms. The van der Waals surface area contributed by atoms with Crippen molar-refractivity contribution in [1.29, 1.82) is 10.5 Å². The Labute approximate surface area is 175 Å². The van der Waals surface area contributed by atoms with Crippen molar-refractivity contribution in [1.82, 2.24) is 4.90 Å². The molecular weight excluding hydrogens is 378 g/mol. The van der Waals surface area contributed by atoms with E-state index >= 15 is 0 Å². The number of benzene rings is 2. The molecule has 6 heteroatoms. The van der Waals surface area contributed by atoms with Crippen LogP contribution in [0.3, 0.4) is 0 Å². The highest BCUT2D eigenvalue weighted by atomic mass is 16.5. The van der Waals surface area contributed by atoms with E-state index in [1.807, 2.05) is 25.1 Å². The summed E-state index contributed by atoms with van der Waals surface area (Å²) < 4.78 is 11.4. The summed E-state index contributed by atoms with van der Waals surface area (Å²) in [4.78, 5) is 14.9. The maximum Gasteiger partial charge on any atom is 0.339 e. The topological polar surface area (TPSA) is 90.3 Å². The molecule has 152 valence electrons. The maximum atomic E-state index is 12.6. The van der Waals surface area contributed by atoms with E-state index in [1.54, 1.807) is 30.3 Å². The average molecular weight is 401 g/mol. The molecule has 0 unspecified atom stereocenters. The summed E-state index contributed by atoms with van der Waals surface area (Å²) in [5.74, 6) is 0.707. The summed E-state index contributed by atoms with van der Waals surface area (Å²) in [6.45, 7) is 8.81. The molecule has 0 aliphatic heterocycles. The molecule has 1 heterocycles. The first kappa shape index (κ1) is 21.1. The fourth-order valence-electron chi connectivity index (χ4n) is 3.49. The van der Waals surface area contributed by atoms with Crippen LogP contribution >= 0.6 is 0 Å². The molecule has 1 aromatic heterocycles. The molecule has 0 saturated carbocycles. The number of ether oxygens (including phenoxy) is 1. The molecule has 2 aromatic carbocycles. The number of hydrogen-bond donors (Lipinski definition) is 0. The van der Waals surface area contributed by atoms with Gasteiger partial charge >= 0.3 is 5.63 Å². The van der Waals surface area contributed by atoms with Crippen molar-refractivity contribution < 1.29 is 9.15 Å². The van der Waals surface area contributed by atoms with Crippen molar-refractivity contribution in [3.8, 4) is 23.6 Å². The van der Waals surface area contributed by atoms with Crippen molar-refractivity contribution in [2.45, 2.75) is 27.2 Å². The molecular formula is C24H23N3O3. The molecule has 0 aliphatic rings. The van der Waals surface area contributed by atoms with Crippen molar-refractivity contribution in [2.24, 2.45) is 0 Å². The van der Waals surface area contributed by atoms with Crippen molar-refractivity contribution in [3.63, 3.8) is 0 Å². The summed E-state index contributed by atoms with van der Waals surface area (Å²) in [5, 5.41) is 19.4. The minimum Gasteiger partial charge on any atom is -0.456 e. The van der Waals surface area contributed by atoms with E-state index in [4.69, 9.17) is 14.4 Å². The Morgan fingerprint density at radius 3 is 2.53 bits per heavy atom. The lowest BCUT2D eigenvalue weighted by atomic mass is 10.0. The van der Waals surface area contributed by atoms with Gasteiger partial charge in [-0.2, -0.15) is 10.5 Å². The molecule has 3 rings (SSSR count). The van der Waals surface area contributed by atoms with Crippen molar-refractivity contribution in [2.75, 3.05) is 19.6 Å². The Kier molecular flexibility index (Phi) is 6.51. The highest BCUT2D eigenvalue weighted by Crippen LogP contribution is 2.30. The smallest absolute Gasteiger partial charge is 0.339 e. The van der Waals surface area contributed by atoms with Gasteiger partial charge in [0.05, 0.1) is 5.56 Å². The third kappa shape index (κ3) is 4.20. The van der Waals surface area contributed by atoms with Crippen LogP contribution in [0.25, 0.3) is 11.0 Å². The van der Waals surface area contributed by atoms with Gasteiger partial charge in [-0.25, -0.2) is 4.79 Å². The van der Waals surface area contributed by atoms with Crippen LogP contribution in [-0.4, -0.2) is 24.5 Å². The summed E-state index contributed by atoms with van der Waals surface area (Å²) in [5.41, 5.74) is 2.10. The zero-order chi connectivity index (χ0) is 21.7. The Hall–Kier alpha value is -3.61. The molecule has 0 saturated heterocycles. The number of fused-ring (bicyclic) bond motifs is 1. The van der Waals surface area contributed by atoms with Gasteiger partial charge < -0.3 is 14.1 Å². The lowest BCUT2D eigenvalue weighted by Crippen LogP contribution is -2.27. The zero-order valence-electron chi connectivity index (χ0n) is 17.4. The molecule has 0 fully saturated rings. The van der Waals surface area contributed by atoms with Gasteiger partial charge in [0, 0.05) is 23.6 Å². The van der Waals surface area contributed by atoms with Crippen LogP contribution in [-0.2, 0) is 6.42 Å². The lowest BCUT2D eigenvalue weighted by Gasteiger charge is -2.18. The van der Waals surface area contributed by atoms with E-state index in [2.05, 4.69) is 18.7 Å². The van der Waals surface area contributed by atoms with E-state index in [1.165, 1.54) is 0 Å². The Bertz CT molecular complexity index is 1210. The molecule has 0 aliphatic carbocycles. The predicted octanol–water partition coefficient (Wildman–Crippen LogP) is 4.52. The van der Waals surface area contributed by atoms with Gasteiger partial charge in [0.2, 0.25) is 0 Å². The molecule has 0 bridgehead atoms. The van der Waals surface area contributed by atoms with Crippen LogP contribution in [0.4, 0.5) is 0 Å². The Balaban J connectivity index is 1.95. The summed E-state index contributed by atoms with van der Waals surface area (Å²) in [6.07, 6.45) is 0.635. The van der Waals surface area contributed by atoms with Crippen LogP contribution < -0.4 is 10.4 Å². The number of likely N-dealkylation sites (N-methyl/N-ethyl adjacent to an activating group) is 1. The lowest BCUT2D eigenvalue weighted by molar-refractivity contribution is 0.306. The maximum absolute atomic E-state index is 12.6. The number of nitriles is 2. The van der Waals surface area contributed by atoms with Crippen LogP contribution in [0.5, 0.6) is 11.5 Å². The fraction of sp³-hybridized carbons (Fsp3) is 0.292. The molecule has 0 radical (unpaired) electrons. The van der Waals surface area contributed by atoms with Gasteiger partial charge in [0.15, 0.2) is 0 Å². The van der Waals surface area contributed by atoms with E-state index in [-0.39, 0.29) is 22.5 Å².